The third-order valence-electron chi connectivity index (χ3n) is 3.35. The minimum absolute atomic E-state index is 0.0160. The number of carbonyl (C=O) groups is 1. The second kappa shape index (κ2) is 8.60. The third-order valence-corrected chi connectivity index (χ3v) is 4.33. The summed E-state index contributed by atoms with van der Waals surface area (Å²) >= 11 is 1.68. The highest BCUT2D eigenvalue weighted by Gasteiger charge is 2.15. The molecule has 0 aliphatic carbocycles. The second-order valence-corrected chi connectivity index (χ2v) is 6.68. The highest BCUT2D eigenvalue weighted by molar-refractivity contribution is 7.11. The minimum Gasteiger partial charge on any atom is -0.332 e. The lowest BCUT2D eigenvalue weighted by Gasteiger charge is -2.22. The van der Waals surface area contributed by atoms with Gasteiger partial charge in [-0.25, -0.2) is 4.39 Å². The van der Waals surface area contributed by atoms with Crippen molar-refractivity contribution in [3.63, 3.8) is 0 Å². The maximum absolute atomic E-state index is 13.0. The largest absolute Gasteiger partial charge is 0.332 e. The van der Waals surface area contributed by atoms with Gasteiger partial charge in [-0.1, -0.05) is 18.2 Å². The fourth-order valence-electron chi connectivity index (χ4n) is 2.19. The summed E-state index contributed by atoms with van der Waals surface area (Å²) in [7, 11) is 0. The molecule has 0 radical (unpaired) electrons. The van der Waals surface area contributed by atoms with Crippen molar-refractivity contribution in [1.29, 1.82) is 0 Å². The fourth-order valence-corrected chi connectivity index (χ4v) is 3.10. The Morgan fingerprint density at radius 3 is 2.61 bits per heavy atom. The summed E-state index contributed by atoms with van der Waals surface area (Å²) in [4.78, 5) is 16.6. The number of rotatable bonds is 8. The lowest BCUT2D eigenvalue weighted by molar-refractivity contribution is -0.131. The molecular weight excluding hydrogens is 311 g/mol. The van der Waals surface area contributed by atoms with Gasteiger partial charge in [-0.05, 0) is 36.8 Å². The summed E-state index contributed by atoms with van der Waals surface area (Å²) in [6, 6.07) is 10.4. The molecule has 1 amide bonds. The van der Waals surface area contributed by atoms with E-state index in [0.717, 1.165) is 10.4 Å². The minimum atomic E-state index is -0.270. The van der Waals surface area contributed by atoms with Gasteiger partial charge in [-0.3, -0.25) is 4.79 Å². The molecular formula is C18H21FN2OS. The van der Waals surface area contributed by atoms with Crippen molar-refractivity contribution in [3.05, 3.63) is 70.2 Å². The molecule has 1 aromatic carbocycles. The Morgan fingerprint density at radius 1 is 1.26 bits per heavy atom. The summed E-state index contributed by atoms with van der Waals surface area (Å²) in [5.74, 6) is -0.254. The van der Waals surface area contributed by atoms with Gasteiger partial charge in [0.1, 0.15) is 5.82 Å². The van der Waals surface area contributed by atoms with Gasteiger partial charge in [0.2, 0.25) is 5.91 Å². The molecule has 2 rings (SSSR count). The Bertz CT molecular complexity index is 651. The van der Waals surface area contributed by atoms with Crippen LogP contribution in [0.2, 0.25) is 0 Å². The Morgan fingerprint density at radius 2 is 2.00 bits per heavy atom. The summed E-state index contributed by atoms with van der Waals surface area (Å²) in [6.45, 7) is 7.55. The molecule has 0 fully saturated rings. The van der Waals surface area contributed by atoms with Crippen molar-refractivity contribution in [2.75, 3.05) is 13.1 Å². The molecule has 0 spiro atoms. The predicted molar refractivity (Wildman–Crippen MR) is 92.8 cm³/mol. The first-order valence-corrected chi connectivity index (χ1v) is 8.29. The van der Waals surface area contributed by atoms with Gasteiger partial charge in [-0.15, -0.1) is 17.9 Å². The number of benzene rings is 1. The number of nitrogens with one attached hydrogen (secondary N) is 1. The standard InChI is InChI=1S/C18H21FN2OS/c1-3-10-20-11-18(22)21(13-17-9-4-14(2)23-17)12-15-5-7-16(19)8-6-15/h3-9,20H,1,10-13H2,2H3. The lowest BCUT2D eigenvalue weighted by atomic mass is 10.2. The lowest BCUT2D eigenvalue weighted by Crippen LogP contribution is -2.37. The maximum atomic E-state index is 13.0. The van der Waals surface area contributed by atoms with Crippen LogP contribution in [-0.2, 0) is 17.9 Å². The molecule has 3 nitrogen and oxygen atoms in total. The highest BCUT2D eigenvalue weighted by atomic mass is 32.1. The van der Waals surface area contributed by atoms with Crippen LogP contribution < -0.4 is 5.32 Å². The predicted octanol–water partition coefficient (Wildman–Crippen LogP) is 3.50. The molecule has 0 bridgehead atoms. The fraction of sp³-hybridized carbons (Fsp3) is 0.278. The monoisotopic (exact) mass is 332 g/mol. The first-order chi connectivity index (χ1) is 11.1. The molecule has 2 aromatic rings. The Balaban J connectivity index is 2.07. The number of nitrogens with zero attached hydrogens (tertiary/aromatic N) is 1. The van der Waals surface area contributed by atoms with Crippen LogP contribution in [0.3, 0.4) is 0 Å². The molecule has 0 atom stereocenters. The summed E-state index contributed by atoms with van der Waals surface area (Å²) in [5, 5.41) is 3.04. The molecule has 0 aliphatic heterocycles. The van der Waals surface area contributed by atoms with Gasteiger partial charge < -0.3 is 10.2 Å². The molecule has 1 N–H and O–H groups in total. The zero-order valence-corrected chi connectivity index (χ0v) is 14.0. The Kier molecular flexibility index (Phi) is 6.50. The van der Waals surface area contributed by atoms with Crippen LogP contribution in [0.4, 0.5) is 4.39 Å². The molecule has 5 heteroatoms. The number of aryl methyl sites for hydroxylation is 1. The van der Waals surface area contributed by atoms with Crippen LogP contribution in [0.15, 0.2) is 49.1 Å². The highest BCUT2D eigenvalue weighted by Crippen LogP contribution is 2.18. The zero-order chi connectivity index (χ0) is 16.7. The molecule has 1 heterocycles. The number of thiophene rings is 1. The van der Waals surface area contributed by atoms with Crippen LogP contribution in [0.25, 0.3) is 0 Å². The maximum Gasteiger partial charge on any atom is 0.237 e. The van der Waals surface area contributed by atoms with Crippen LogP contribution >= 0.6 is 11.3 Å². The van der Waals surface area contributed by atoms with Crippen molar-refractivity contribution in [2.45, 2.75) is 20.0 Å². The number of hydrogen-bond donors (Lipinski definition) is 1. The molecule has 122 valence electrons. The number of amides is 1. The average Bonchev–Trinajstić information content (AvgIpc) is 2.94. The topological polar surface area (TPSA) is 32.3 Å². The van der Waals surface area contributed by atoms with E-state index in [4.69, 9.17) is 0 Å². The van der Waals surface area contributed by atoms with E-state index in [1.54, 1.807) is 34.4 Å². The van der Waals surface area contributed by atoms with Crippen LogP contribution in [0.5, 0.6) is 0 Å². The number of carbonyl (C=O) groups excluding carboxylic acids is 1. The second-order valence-electron chi connectivity index (χ2n) is 5.31. The van der Waals surface area contributed by atoms with Gasteiger partial charge >= 0.3 is 0 Å². The molecule has 0 saturated carbocycles. The van der Waals surface area contributed by atoms with Crippen LogP contribution in [-0.4, -0.2) is 23.9 Å². The number of halogens is 1. The smallest absolute Gasteiger partial charge is 0.237 e. The van der Waals surface area contributed by atoms with Gasteiger partial charge in [0.05, 0.1) is 13.1 Å². The summed E-state index contributed by atoms with van der Waals surface area (Å²) < 4.78 is 13.0. The number of hydrogen-bond acceptors (Lipinski definition) is 3. The van der Waals surface area contributed by atoms with E-state index in [2.05, 4.69) is 18.0 Å². The molecule has 0 aliphatic rings. The summed E-state index contributed by atoms with van der Waals surface area (Å²) in [5.41, 5.74) is 0.914. The Labute approximate surface area is 140 Å². The SMILES string of the molecule is C=CCNCC(=O)N(Cc1ccc(F)cc1)Cc1ccc(C)s1. The van der Waals surface area contributed by atoms with E-state index in [0.29, 0.717) is 19.6 Å². The molecule has 23 heavy (non-hydrogen) atoms. The van der Waals surface area contributed by atoms with Gasteiger partial charge in [0.25, 0.3) is 0 Å². The van der Waals surface area contributed by atoms with Crippen molar-refractivity contribution in [1.82, 2.24) is 10.2 Å². The van der Waals surface area contributed by atoms with Crippen LogP contribution in [0, 0.1) is 12.7 Å². The van der Waals surface area contributed by atoms with E-state index in [-0.39, 0.29) is 18.3 Å². The van der Waals surface area contributed by atoms with Crippen molar-refractivity contribution >= 4 is 17.2 Å². The molecule has 1 aromatic heterocycles. The summed E-state index contributed by atoms with van der Waals surface area (Å²) in [6.07, 6.45) is 1.72. The van der Waals surface area contributed by atoms with Gasteiger partial charge in [0, 0.05) is 22.8 Å². The van der Waals surface area contributed by atoms with Gasteiger partial charge in [0.15, 0.2) is 0 Å². The Hall–Kier alpha value is -1.98. The first-order valence-electron chi connectivity index (χ1n) is 7.47. The van der Waals surface area contributed by atoms with Crippen molar-refractivity contribution < 1.29 is 9.18 Å². The van der Waals surface area contributed by atoms with Crippen molar-refractivity contribution in [2.24, 2.45) is 0 Å². The van der Waals surface area contributed by atoms with Crippen molar-refractivity contribution in [3.8, 4) is 0 Å². The van der Waals surface area contributed by atoms with E-state index in [9.17, 15) is 9.18 Å². The molecule has 0 saturated heterocycles. The third kappa shape index (κ3) is 5.62. The quantitative estimate of drug-likeness (QED) is 0.593. The van der Waals surface area contributed by atoms with E-state index < -0.39 is 0 Å². The van der Waals surface area contributed by atoms with Crippen LogP contribution in [0.1, 0.15) is 15.3 Å². The normalized spacial score (nSPS) is 10.5. The zero-order valence-electron chi connectivity index (χ0n) is 13.2. The van der Waals surface area contributed by atoms with E-state index in [1.807, 2.05) is 13.0 Å². The first kappa shape index (κ1) is 17.4. The van der Waals surface area contributed by atoms with E-state index in [1.165, 1.54) is 17.0 Å². The van der Waals surface area contributed by atoms with E-state index >= 15 is 0 Å². The molecule has 0 unspecified atom stereocenters. The average molecular weight is 332 g/mol. The van der Waals surface area contributed by atoms with Gasteiger partial charge in [-0.2, -0.15) is 0 Å².